The van der Waals surface area contributed by atoms with E-state index < -0.39 is 0 Å². The van der Waals surface area contributed by atoms with Crippen LogP contribution in [0.2, 0.25) is 0 Å². The lowest BCUT2D eigenvalue weighted by Gasteiger charge is -2.31. The Morgan fingerprint density at radius 1 is 1.42 bits per heavy atom. The van der Waals surface area contributed by atoms with E-state index in [1.807, 2.05) is 13.1 Å². The minimum Gasteiger partial charge on any atom is -0.459 e. The first-order valence-corrected chi connectivity index (χ1v) is 6.52. The summed E-state index contributed by atoms with van der Waals surface area (Å²) in [6.45, 7) is 0. The lowest BCUT2D eigenvalue weighted by atomic mass is 9.91. The van der Waals surface area contributed by atoms with Gasteiger partial charge in [0, 0.05) is 13.2 Å². The first-order valence-electron chi connectivity index (χ1n) is 6.52. The average Bonchev–Trinajstić information content (AvgIpc) is 2.99. The molecule has 0 saturated heterocycles. The molecule has 0 fully saturated rings. The summed E-state index contributed by atoms with van der Waals surface area (Å²) in [5.41, 5.74) is 2.27. The summed E-state index contributed by atoms with van der Waals surface area (Å²) in [4.78, 5) is 18.5. The molecule has 4 nitrogen and oxygen atoms in total. The van der Waals surface area contributed by atoms with Crippen LogP contribution in [0.25, 0.3) is 0 Å². The van der Waals surface area contributed by atoms with Gasteiger partial charge in [-0.3, -0.25) is 9.78 Å². The molecule has 1 atom stereocenters. The predicted octanol–water partition coefficient (Wildman–Crippen LogP) is 2.82. The number of hydrogen-bond donors (Lipinski definition) is 0. The molecule has 2 heterocycles. The van der Waals surface area contributed by atoms with E-state index in [4.69, 9.17) is 4.42 Å². The van der Waals surface area contributed by atoms with Gasteiger partial charge in [0.15, 0.2) is 5.76 Å². The van der Waals surface area contributed by atoms with Gasteiger partial charge in [-0.05, 0) is 43.0 Å². The molecule has 1 amide bonds. The highest BCUT2D eigenvalue weighted by Gasteiger charge is 2.29. The van der Waals surface area contributed by atoms with Crippen LogP contribution in [0, 0.1) is 0 Å². The molecule has 0 spiro atoms. The molecule has 0 saturated carbocycles. The van der Waals surface area contributed by atoms with Gasteiger partial charge in [-0.1, -0.05) is 6.07 Å². The van der Waals surface area contributed by atoms with Crippen molar-refractivity contribution in [1.29, 1.82) is 0 Å². The maximum Gasteiger partial charge on any atom is 0.289 e. The quantitative estimate of drug-likeness (QED) is 0.830. The topological polar surface area (TPSA) is 46.3 Å². The lowest BCUT2D eigenvalue weighted by Crippen LogP contribution is -2.33. The molecule has 1 aliphatic carbocycles. The molecule has 3 rings (SSSR count). The van der Waals surface area contributed by atoms with Crippen molar-refractivity contribution < 1.29 is 9.21 Å². The predicted molar refractivity (Wildman–Crippen MR) is 70.7 cm³/mol. The molecule has 0 unspecified atom stereocenters. The van der Waals surface area contributed by atoms with E-state index >= 15 is 0 Å². The smallest absolute Gasteiger partial charge is 0.289 e. The van der Waals surface area contributed by atoms with Crippen LogP contribution in [0.3, 0.4) is 0 Å². The van der Waals surface area contributed by atoms with Crippen molar-refractivity contribution in [3.63, 3.8) is 0 Å². The van der Waals surface area contributed by atoms with Crippen LogP contribution in [0.15, 0.2) is 41.1 Å². The number of aryl methyl sites for hydroxylation is 1. The molecule has 0 bridgehead atoms. The van der Waals surface area contributed by atoms with E-state index in [-0.39, 0.29) is 11.9 Å². The number of furan rings is 1. The van der Waals surface area contributed by atoms with Crippen molar-refractivity contribution in [1.82, 2.24) is 9.88 Å². The van der Waals surface area contributed by atoms with Gasteiger partial charge in [0.1, 0.15) is 0 Å². The van der Waals surface area contributed by atoms with Gasteiger partial charge in [-0.15, -0.1) is 0 Å². The molecular formula is C15H16N2O2. The fraction of sp³-hybridized carbons (Fsp3) is 0.333. The number of carbonyl (C=O) groups excluding carboxylic acids is 1. The Labute approximate surface area is 112 Å². The van der Waals surface area contributed by atoms with Gasteiger partial charge in [-0.2, -0.15) is 0 Å². The van der Waals surface area contributed by atoms with E-state index in [2.05, 4.69) is 11.1 Å². The summed E-state index contributed by atoms with van der Waals surface area (Å²) < 4.78 is 5.18. The molecule has 0 radical (unpaired) electrons. The zero-order valence-corrected chi connectivity index (χ0v) is 10.9. The maximum atomic E-state index is 12.3. The number of fused-ring (bicyclic) bond motifs is 1. The van der Waals surface area contributed by atoms with Crippen molar-refractivity contribution in [2.24, 2.45) is 0 Å². The second kappa shape index (κ2) is 4.88. The summed E-state index contributed by atoms with van der Waals surface area (Å²) in [6.07, 6.45) is 6.39. The van der Waals surface area contributed by atoms with Crippen LogP contribution < -0.4 is 0 Å². The molecule has 0 aliphatic heterocycles. The van der Waals surface area contributed by atoms with Gasteiger partial charge >= 0.3 is 0 Å². The third kappa shape index (κ3) is 2.14. The molecule has 0 N–H and O–H groups in total. The highest BCUT2D eigenvalue weighted by Crippen LogP contribution is 2.32. The number of carbonyl (C=O) groups is 1. The summed E-state index contributed by atoms with van der Waals surface area (Å²) >= 11 is 0. The first kappa shape index (κ1) is 12.0. The molecule has 4 heteroatoms. The summed E-state index contributed by atoms with van der Waals surface area (Å²) in [5.74, 6) is 0.291. The first-order chi connectivity index (χ1) is 9.27. The Morgan fingerprint density at radius 3 is 3.11 bits per heavy atom. The van der Waals surface area contributed by atoms with E-state index in [1.54, 1.807) is 23.2 Å². The Hall–Kier alpha value is -2.10. The van der Waals surface area contributed by atoms with Crippen LogP contribution in [-0.2, 0) is 6.42 Å². The largest absolute Gasteiger partial charge is 0.459 e. The average molecular weight is 256 g/mol. The van der Waals surface area contributed by atoms with E-state index in [1.165, 1.54) is 11.8 Å². The SMILES string of the molecule is CN(C(=O)c1ccco1)[C@@H]1CCCc2cccnc21. The van der Waals surface area contributed by atoms with Crippen molar-refractivity contribution in [2.45, 2.75) is 25.3 Å². The number of amides is 1. The van der Waals surface area contributed by atoms with Crippen molar-refractivity contribution in [3.05, 3.63) is 53.7 Å². The second-order valence-corrected chi connectivity index (χ2v) is 4.85. The van der Waals surface area contributed by atoms with Gasteiger partial charge in [-0.25, -0.2) is 0 Å². The maximum absolute atomic E-state index is 12.3. The molecule has 19 heavy (non-hydrogen) atoms. The highest BCUT2D eigenvalue weighted by atomic mass is 16.3. The Balaban J connectivity index is 1.89. The van der Waals surface area contributed by atoms with Crippen LogP contribution in [0.5, 0.6) is 0 Å². The summed E-state index contributed by atoms with van der Waals surface area (Å²) in [6, 6.07) is 7.52. The molecule has 2 aromatic rings. The van der Waals surface area contributed by atoms with Gasteiger partial charge < -0.3 is 9.32 Å². The number of pyridine rings is 1. The van der Waals surface area contributed by atoms with Crippen LogP contribution in [0.4, 0.5) is 0 Å². The molecule has 2 aromatic heterocycles. The van der Waals surface area contributed by atoms with Crippen LogP contribution >= 0.6 is 0 Å². The molecule has 98 valence electrons. The fourth-order valence-corrected chi connectivity index (χ4v) is 2.68. The van der Waals surface area contributed by atoms with Gasteiger partial charge in [0.25, 0.3) is 5.91 Å². The number of hydrogen-bond acceptors (Lipinski definition) is 3. The van der Waals surface area contributed by atoms with Crippen molar-refractivity contribution >= 4 is 5.91 Å². The van der Waals surface area contributed by atoms with Crippen LogP contribution in [-0.4, -0.2) is 22.8 Å². The second-order valence-electron chi connectivity index (χ2n) is 4.85. The van der Waals surface area contributed by atoms with Crippen molar-refractivity contribution in [3.8, 4) is 0 Å². The fourth-order valence-electron chi connectivity index (χ4n) is 2.68. The molecular weight excluding hydrogens is 240 g/mol. The van der Waals surface area contributed by atoms with E-state index in [0.29, 0.717) is 5.76 Å². The van der Waals surface area contributed by atoms with Crippen LogP contribution in [0.1, 0.15) is 40.7 Å². The van der Waals surface area contributed by atoms with Gasteiger partial charge in [0.2, 0.25) is 0 Å². The lowest BCUT2D eigenvalue weighted by molar-refractivity contribution is 0.0678. The highest BCUT2D eigenvalue weighted by molar-refractivity contribution is 5.91. The minimum absolute atomic E-state index is 0.0440. The third-order valence-corrected chi connectivity index (χ3v) is 3.69. The standard InChI is InChI=1S/C15H16N2O2/c1-17(15(18)13-8-4-10-19-13)12-7-2-5-11-6-3-9-16-14(11)12/h3-4,6,8-10,12H,2,5,7H2,1H3/t12-/m1/s1. The Morgan fingerprint density at radius 2 is 2.32 bits per heavy atom. The Kier molecular flexibility index (Phi) is 3.07. The van der Waals surface area contributed by atoms with E-state index in [0.717, 1.165) is 25.0 Å². The Bertz CT molecular complexity index is 578. The molecule has 1 aliphatic rings. The zero-order chi connectivity index (χ0) is 13.2. The van der Waals surface area contributed by atoms with E-state index in [9.17, 15) is 4.79 Å². The number of rotatable bonds is 2. The van der Waals surface area contributed by atoms with Crippen molar-refractivity contribution in [2.75, 3.05) is 7.05 Å². The zero-order valence-electron chi connectivity index (χ0n) is 10.9. The number of aromatic nitrogens is 1. The minimum atomic E-state index is -0.0893. The summed E-state index contributed by atoms with van der Waals surface area (Å²) in [5, 5.41) is 0. The third-order valence-electron chi connectivity index (χ3n) is 3.69. The van der Waals surface area contributed by atoms with Gasteiger partial charge in [0.05, 0.1) is 18.0 Å². The number of nitrogens with zero attached hydrogens (tertiary/aromatic N) is 2. The molecule has 0 aromatic carbocycles. The summed E-state index contributed by atoms with van der Waals surface area (Å²) in [7, 11) is 1.82. The normalized spacial score (nSPS) is 17.8. The monoisotopic (exact) mass is 256 g/mol.